The molecule has 6 heteroatoms. The number of carbonyl (C=O) groups excluding carboxylic acids is 1. The van der Waals surface area contributed by atoms with Gasteiger partial charge in [-0.25, -0.2) is 4.79 Å². The predicted molar refractivity (Wildman–Crippen MR) is 61.7 cm³/mol. The second-order valence-electron chi connectivity index (χ2n) is 5.05. The molecule has 1 aromatic rings. The van der Waals surface area contributed by atoms with E-state index in [1.165, 1.54) is 0 Å². The molecule has 94 valence electrons. The Kier molecular flexibility index (Phi) is 3.55. The zero-order chi connectivity index (χ0) is 13.2. The van der Waals surface area contributed by atoms with Gasteiger partial charge in [-0.1, -0.05) is 20.8 Å². The van der Waals surface area contributed by atoms with Gasteiger partial charge in [0.2, 0.25) is 0 Å². The van der Waals surface area contributed by atoms with E-state index in [2.05, 4.69) is 15.5 Å². The quantitative estimate of drug-likeness (QED) is 0.731. The molecule has 0 aliphatic carbocycles. The van der Waals surface area contributed by atoms with Crippen LogP contribution in [0.2, 0.25) is 0 Å². The van der Waals surface area contributed by atoms with Crippen LogP contribution in [0.25, 0.3) is 0 Å². The highest BCUT2D eigenvalue weighted by Crippen LogP contribution is 2.19. The van der Waals surface area contributed by atoms with Crippen molar-refractivity contribution in [2.45, 2.75) is 33.7 Å². The monoisotopic (exact) mass is 239 g/mol. The van der Waals surface area contributed by atoms with E-state index in [0.717, 1.165) is 5.69 Å². The number of aryl methyl sites for hydroxylation is 1. The first-order valence-electron chi connectivity index (χ1n) is 5.27. The number of H-pyrrole nitrogens is 1. The van der Waals surface area contributed by atoms with Crippen molar-refractivity contribution in [3.05, 3.63) is 17.5 Å². The molecule has 0 radical (unpaired) electrons. The van der Waals surface area contributed by atoms with Gasteiger partial charge in [-0.2, -0.15) is 5.10 Å². The van der Waals surface area contributed by atoms with Gasteiger partial charge in [0.05, 0.1) is 0 Å². The number of hydrogen-bond donors (Lipinski definition) is 3. The van der Waals surface area contributed by atoms with Gasteiger partial charge in [-0.05, 0) is 18.4 Å². The minimum absolute atomic E-state index is 0.193. The maximum atomic E-state index is 11.8. The summed E-state index contributed by atoms with van der Waals surface area (Å²) < 4.78 is 0. The van der Waals surface area contributed by atoms with Crippen LogP contribution in [-0.4, -0.2) is 33.2 Å². The van der Waals surface area contributed by atoms with Gasteiger partial charge in [-0.15, -0.1) is 0 Å². The summed E-state index contributed by atoms with van der Waals surface area (Å²) in [5, 5.41) is 17.9. The largest absolute Gasteiger partial charge is 0.480 e. The number of aromatic nitrogens is 2. The molecule has 0 fully saturated rings. The van der Waals surface area contributed by atoms with E-state index in [4.69, 9.17) is 5.11 Å². The maximum Gasteiger partial charge on any atom is 0.326 e. The molecular formula is C11H17N3O3. The normalized spacial score (nSPS) is 13.2. The molecule has 0 spiro atoms. The van der Waals surface area contributed by atoms with Gasteiger partial charge in [-0.3, -0.25) is 9.89 Å². The number of rotatable bonds is 3. The van der Waals surface area contributed by atoms with Crippen molar-refractivity contribution < 1.29 is 14.7 Å². The molecule has 17 heavy (non-hydrogen) atoms. The average Bonchev–Trinajstić information content (AvgIpc) is 2.58. The summed E-state index contributed by atoms with van der Waals surface area (Å²) in [6.45, 7) is 7.02. The molecule has 0 saturated carbocycles. The molecule has 0 aliphatic rings. The summed E-state index contributed by atoms with van der Waals surface area (Å²) in [6.07, 6.45) is 0. The highest BCUT2D eigenvalue weighted by Gasteiger charge is 2.33. The van der Waals surface area contributed by atoms with E-state index in [0.29, 0.717) is 0 Å². The molecule has 1 aromatic heterocycles. The SMILES string of the molecule is Cc1cc(C(=O)NC(C(=O)O)C(C)(C)C)n[nH]1. The third kappa shape index (κ3) is 3.30. The lowest BCUT2D eigenvalue weighted by Gasteiger charge is -2.27. The molecule has 1 rings (SSSR count). The molecule has 0 aliphatic heterocycles. The summed E-state index contributed by atoms with van der Waals surface area (Å²) in [7, 11) is 0. The molecule has 3 N–H and O–H groups in total. The molecule has 0 bridgehead atoms. The molecular weight excluding hydrogens is 222 g/mol. The fourth-order valence-corrected chi connectivity index (χ4v) is 1.39. The molecule has 1 unspecified atom stereocenters. The summed E-state index contributed by atoms with van der Waals surface area (Å²) in [4.78, 5) is 22.8. The number of amides is 1. The summed E-state index contributed by atoms with van der Waals surface area (Å²) in [5.41, 5.74) is 0.378. The van der Waals surface area contributed by atoms with Crippen LogP contribution in [0.15, 0.2) is 6.07 Å². The Morgan fingerprint density at radius 2 is 2.06 bits per heavy atom. The van der Waals surface area contributed by atoms with Crippen LogP contribution < -0.4 is 5.32 Å². The third-order valence-corrected chi connectivity index (χ3v) is 2.33. The van der Waals surface area contributed by atoms with Crippen LogP contribution in [0.3, 0.4) is 0 Å². The fourth-order valence-electron chi connectivity index (χ4n) is 1.39. The first kappa shape index (κ1) is 13.2. The van der Waals surface area contributed by atoms with Crippen molar-refractivity contribution >= 4 is 11.9 Å². The first-order valence-corrected chi connectivity index (χ1v) is 5.27. The Morgan fingerprint density at radius 1 is 1.47 bits per heavy atom. The predicted octanol–water partition coefficient (Wildman–Crippen LogP) is 0.947. The second-order valence-corrected chi connectivity index (χ2v) is 5.05. The standard InChI is InChI=1S/C11H17N3O3/c1-6-5-7(14-13-6)9(15)12-8(10(16)17)11(2,3)4/h5,8H,1-4H3,(H,12,15)(H,13,14)(H,16,17). The van der Waals surface area contributed by atoms with E-state index in [-0.39, 0.29) is 5.69 Å². The molecule has 1 heterocycles. The maximum absolute atomic E-state index is 11.8. The number of aliphatic carboxylic acids is 1. The van der Waals surface area contributed by atoms with Crippen molar-refractivity contribution in [1.82, 2.24) is 15.5 Å². The summed E-state index contributed by atoms with van der Waals surface area (Å²) >= 11 is 0. The number of nitrogens with zero attached hydrogens (tertiary/aromatic N) is 1. The number of hydrogen-bond acceptors (Lipinski definition) is 3. The average molecular weight is 239 g/mol. The van der Waals surface area contributed by atoms with Crippen LogP contribution in [-0.2, 0) is 4.79 Å². The topological polar surface area (TPSA) is 95.1 Å². The molecule has 0 aromatic carbocycles. The van der Waals surface area contributed by atoms with E-state index in [1.54, 1.807) is 33.8 Å². The van der Waals surface area contributed by atoms with Crippen LogP contribution in [0.4, 0.5) is 0 Å². The Bertz CT molecular complexity index is 431. The van der Waals surface area contributed by atoms with E-state index in [9.17, 15) is 9.59 Å². The van der Waals surface area contributed by atoms with E-state index >= 15 is 0 Å². The molecule has 0 saturated heterocycles. The van der Waals surface area contributed by atoms with Crippen molar-refractivity contribution in [3.63, 3.8) is 0 Å². The van der Waals surface area contributed by atoms with Crippen LogP contribution in [0, 0.1) is 12.3 Å². The smallest absolute Gasteiger partial charge is 0.326 e. The Hall–Kier alpha value is -1.85. The first-order chi connectivity index (χ1) is 7.71. The fraction of sp³-hybridized carbons (Fsp3) is 0.545. The van der Waals surface area contributed by atoms with Crippen molar-refractivity contribution in [2.24, 2.45) is 5.41 Å². The number of carbonyl (C=O) groups is 2. The Labute approximate surface area is 99.4 Å². The van der Waals surface area contributed by atoms with Gasteiger partial charge >= 0.3 is 5.97 Å². The zero-order valence-corrected chi connectivity index (χ0v) is 10.4. The van der Waals surface area contributed by atoms with Crippen LogP contribution >= 0.6 is 0 Å². The lowest BCUT2D eigenvalue weighted by molar-refractivity contribution is -0.142. The molecule has 1 amide bonds. The third-order valence-electron chi connectivity index (χ3n) is 2.33. The van der Waals surface area contributed by atoms with Gasteiger partial charge in [0, 0.05) is 5.69 Å². The van der Waals surface area contributed by atoms with E-state index in [1.807, 2.05) is 0 Å². The minimum Gasteiger partial charge on any atom is -0.480 e. The Balaban J connectivity index is 2.82. The zero-order valence-electron chi connectivity index (χ0n) is 10.4. The van der Waals surface area contributed by atoms with Gasteiger partial charge in [0.15, 0.2) is 0 Å². The van der Waals surface area contributed by atoms with E-state index < -0.39 is 23.3 Å². The molecule has 6 nitrogen and oxygen atoms in total. The van der Waals surface area contributed by atoms with Crippen molar-refractivity contribution in [3.8, 4) is 0 Å². The lowest BCUT2D eigenvalue weighted by Crippen LogP contribution is -2.49. The van der Waals surface area contributed by atoms with Gasteiger partial charge in [0.25, 0.3) is 5.91 Å². The van der Waals surface area contributed by atoms with Crippen molar-refractivity contribution in [2.75, 3.05) is 0 Å². The highest BCUT2D eigenvalue weighted by atomic mass is 16.4. The minimum atomic E-state index is -1.06. The van der Waals surface area contributed by atoms with Gasteiger partial charge < -0.3 is 10.4 Å². The van der Waals surface area contributed by atoms with Gasteiger partial charge in [0.1, 0.15) is 11.7 Å². The number of nitrogens with one attached hydrogen (secondary N) is 2. The summed E-state index contributed by atoms with van der Waals surface area (Å²) in [6, 6.07) is 0.615. The molecule has 1 atom stereocenters. The van der Waals surface area contributed by atoms with Crippen molar-refractivity contribution in [1.29, 1.82) is 0 Å². The lowest BCUT2D eigenvalue weighted by atomic mass is 9.86. The van der Waals surface area contributed by atoms with Crippen LogP contribution in [0.1, 0.15) is 37.0 Å². The number of aromatic amines is 1. The Morgan fingerprint density at radius 3 is 2.41 bits per heavy atom. The van der Waals surface area contributed by atoms with Crippen LogP contribution in [0.5, 0.6) is 0 Å². The second kappa shape index (κ2) is 4.57. The summed E-state index contributed by atoms with van der Waals surface area (Å²) in [5.74, 6) is -1.55. The highest BCUT2D eigenvalue weighted by molar-refractivity contribution is 5.95. The number of carboxylic acid groups (broad SMARTS) is 1. The number of carboxylic acids is 1.